The van der Waals surface area contributed by atoms with Gasteiger partial charge in [0.25, 0.3) is 0 Å². The van der Waals surface area contributed by atoms with E-state index in [2.05, 4.69) is 35.6 Å². The Morgan fingerprint density at radius 2 is 1.88 bits per heavy atom. The molecule has 2 aliphatic rings. The van der Waals surface area contributed by atoms with E-state index < -0.39 is 41.3 Å². The Bertz CT molecular complexity index is 699. The summed E-state index contributed by atoms with van der Waals surface area (Å²) in [4.78, 5) is 10.8. The first-order chi connectivity index (χ1) is 16.3. The minimum Gasteiger partial charge on any atom is -0.388 e. The first-order valence-corrected chi connectivity index (χ1v) is 13.9. The molecule has 1 aromatic rings. The molecule has 0 spiro atoms. The molecule has 0 aliphatic carbocycles. The Morgan fingerprint density at radius 3 is 2.50 bits per heavy atom. The molecule has 194 valence electrons. The second kappa shape index (κ2) is 15.4. The van der Waals surface area contributed by atoms with Gasteiger partial charge >= 0.3 is 0 Å². The molecule has 0 saturated carbocycles. The fraction of sp³-hybridized carbons (Fsp3) is 0.720. The number of hydrogen-bond donors (Lipinski definition) is 5. The number of benzene rings is 1. The third-order valence-electron chi connectivity index (χ3n) is 6.68. The molecular formula is C25H41ClN2O5S. The molecule has 0 bridgehead atoms. The average molecular weight is 517 g/mol. The topological polar surface area (TPSA) is 125 Å². The normalized spacial score (nSPS) is 33.7. The molecule has 7 nitrogen and oxygen atoms in total. The van der Waals surface area contributed by atoms with Crippen LogP contribution in [0.2, 0.25) is 0 Å². The van der Waals surface area contributed by atoms with Gasteiger partial charge in [0.05, 0.1) is 6.04 Å². The van der Waals surface area contributed by atoms with E-state index in [1.54, 1.807) is 13.2 Å². The van der Waals surface area contributed by atoms with Crippen molar-refractivity contribution in [2.45, 2.75) is 92.8 Å². The molecule has 9 unspecified atom stereocenters. The van der Waals surface area contributed by atoms with Gasteiger partial charge < -0.3 is 35.9 Å². The van der Waals surface area contributed by atoms with Crippen LogP contribution in [0.5, 0.6) is 0 Å². The molecule has 0 aromatic heterocycles. The first kappa shape index (κ1) is 29.5. The summed E-state index contributed by atoms with van der Waals surface area (Å²) >= 11 is 7.09. The third kappa shape index (κ3) is 9.06. The van der Waals surface area contributed by atoms with Gasteiger partial charge in [0.15, 0.2) is 0 Å². The third-order valence-corrected chi connectivity index (χ3v) is 7.82. The van der Waals surface area contributed by atoms with E-state index in [1.807, 2.05) is 0 Å². The molecule has 0 radical (unpaired) electrons. The lowest BCUT2D eigenvalue weighted by molar-refractivity contribution is -0.202. The lowest BCUT2D eigenvalue weighted by Crippen LogP contribution is -2.62. The highest BCUT2D eigenvalue weighted by atomic mass is 35.5. The van der Waals surface area contributed by atoms with Gasteiger partial charge in [0.2, 0.25) is 0 Å². The Hall–Kier alpha value is -0.710. The number of carbonyl (C=O) groups excluding carboxylic acids is 1. The Labute approximate surface area is 212 Å². The summed E-state index contributed by atoms with van der Waals surface area (Å²) in [5, 5.41) is 31.9. The van der Waals surface area contributed by atoms with E-state index in [0.29, 0.717) is 0 Å². The highest BCUT2D eigenvalue weighted by Gasteiger charge is 2.46. The molecule has 9 atom stereocenters. The van der Waals surface area contributed by atoms with Crippen molar-refractivity contribution >= 4 is 29.6 Å². The van der Waals surface area contributed by atoms with Gasteiger partial charge in [-0.15, -0.1) is 23.4 Å². The maximum atomic E-state index is 10.8. The van der Waals surface area contributed by atoms with E-state index in [9.17, 15) is 20.1 Å². The van der Waals surface area contributed by atoms with Crippen LogP contribution in [0.15, 0.2) is 30.3 Å². The van der Waals surface area contributed by atoms with Gasteiger partial charge in [-0.2, -0.15) is 0 Å². The number of nitrogens with one attached hydrogen (secondary N) is 1. The Balaban J connectivity index is 0.000000242. The number of hydrogen-bond acceptors (Lipinski definition) is 8. The predicted octanol–water partition coefficient (Wildman–Crippen LogP) is 2.08. The number of carbonyl (C=O) groups is 1. The number of aryl methyl sites for hydroxylation is 1. The molecular weight excluding hydrogens is 476 g/mol. The van der Waals surface area contributed by atoms with E-state index in [0.717, 1.165) is 25.2 Å². The fourth-order valence-electron chi connectivity index (χ4n) is 4.43. The summed E-state index contributed by atoms with van der Waals surface area (Å²) in [6.07, 6.45) is 5.58. The number of halogens is 1. The predicted molar refractivity (Wildman–Crippen MR) is 138 cm³/mol. The SMILES string of the molecule is CSC1OC(C(N)C(C)Cl)C(O)C(O)C1O.O=CC1CCC(CCCc2ccccc2)CCN1. The molecule has 34 heavy (non-hydrogen) atoms. The highest BCUT2D eigenvalue weighted by Crippen LogP contribution is 2.29. The van der Waals surface area contributed by atoms with Crippen LogP contribution in [0.4, 0.5) is 0 Å². The minimum atomic E-state index is -1.27. The molecule has 1 aromatic carbocycles. The summed E-state index contributed by atoms with van der Waals surface area (Å²) in [7, 11) is 0. The number of thioether (sulfide) groups is 1. The van der Waals surface area contributed by atoms with Crippen molar-refractivity contribution in [1.29, 1.82) is 0 Å². The summed E-state index contributed by atoms with van der Waals surface area (Å²) in [5.41, 5.74) is 6.62. The van der Waals surface area contributed by atoms with Gasteiger partial charge in [-0.3, -0.25) is 0 Å². The van der Waals surface area contributed by atoms with Crippen LogP contribution < -0.4 is 11.1 Å². The van der Waals surface area contributed by atoms with Gasteiger partial charge in [0.1, 0.15) is 36.1 Å². The second-order valence-corrected chi connectivity index (χ2v) is 10.9. The number of aldehydes is 1. The molecule has 9 heteroatoms. The largest absolute Gasteiger partial charge is 0.388 e. The van der Waals surface area contributed by atoms with Gasteiger partial charge in [-0.25, -0.2) is 0 Å². The minimum absolute atomic E-state index is 0.101. The Morgan fingerprint density at radius 1 is 1.18 bits per heavy atom. The molecule has 3 rings (SSSR count). The quantitative estimate of drug-likeness (QED) is 0.263. The fourth-order valence-corrected chi connectivity index (χ4v) is 5.25. The Kier molecular flexibility index (Phi) is 13.4. The summed E-state index contributed by atoms with van der Waals surface area (Å²) in [6.45, 7) is 2.69. The van der Waals surface area contributed by atoms with Crippen molar-refractivity contribution in [1.82, 2.24) is 5.32 Å². The molecule has 6 N–H and O–H groups in total. The van der Waals surface area contributed by atoms with E-state index in [-0.39, 0.29) is 6.04 Å². The van der Waals surface area contributed by atoms with E-state index in [1.165, 1.54) is 49.4 Å². The van der Waals surface area contributed by atoms with Crippen LogP contribution in [-0.2, 0) is 16.0 Å². The van der Waals surface area contributed by atoms with Crippen LogP contribution >= 0.6 is 23.4 Å². The lowest BCUT2D eigenvalue weighted by atomic mass is 9.92. The lowest BCUT2D eigenvalue weighted by Gasteiger charge is -2.42. The van der Waals surface area contributed by atoms with Crippen LogP contribution in [0.25, 0.3) is 0 Å². The highest BCUT2D eigenvalue weighted by molar-refractivity contribution is 7.99. The van der Waals surface area contributed by atoms with Crippen molar-refractivity contribution in [2.24, 2.45) is 11.7 Å². The zero-order valence-electron chi connectivity index (χ0n) is 20.1. The van der Waals surface area contributed by atoms with Crippen LogP contribution in [0.1, 0.15) is 44.6 Å². The maximum absolute atomic E-state index is 10.8. The average Bonchev–Trinajstić information content (AvgIpc) is 3.08. The molecule has 2 heterocycles. The number of alkyl halides is 1. The van der Waals surface area contributed by atoms with Crippen LogP contribution in [0.3, 0.4) is 0 Å². The van der Waals surface area contributed by atoms with Crippen molar-refractivity contribution < 1.29 is 24.9 Å². The van der Waals surface area contributed by atoms with Gasteiger partial charge in [-0.05, 0) is 63.3 Å². The standard InChI is InChI=1S/C16H23NO.C9H18ClNO4S/c18-13-16-10-9-15(11-12-17-16)8-4-7-14-5-2-1-3-6-14;1-3(10)4(11)8-6(13)5(12)7(14)9(15-8)16-2/h1-3,5-6,13,15-17H,4,7-12H2;3-9,12-14H,11H2,1-2H3. The number of ether oxygens (including phenoxy) is 1. The summed E-state index contributed by atoms with van der Waals surface area (Å²) in [5.74, 6) is 0.797. The molecule has 2 aliphatic heterocycles. The summed E-state index contributed by atoms with van der Waals surface area (Å²) < 4.78 is 5.45. The smallest absolute Gasteiger partial charge is 0.136 e. The van der Waals surface area contributed by atoms with Crippen LogP contribution in [0, 0.1) is 5.92 Å². The molecule has 2 saturated heterocycles. The van der Waals surface area contributed by atoms with Gasteiger partial charge in [0, 0.05) is 11.4 Å². The zero-order valence-corrected chi connectivity index (χ0v) is 21.7. The van der Waals surface area contributed by atoms with E-state index in [4.69, 9.17) is 22.1 Å². The second-order valence-electron chi connectivity index (χ2n) is 9.24. The van der Waals surface area contributed by atoms with Crippen molar-refractivity contribution in [3.8, 4) is 0 Å². The molecule has 2 fully saturated rings. The van der Waals surface area contributed by atoms with Crippen molar-refractivity contribution in [3.63, 3.8) is 0 Å². The van der Waals surface area contributed by atoms with Crippen molar-refractivity contribution in [3.05, 3.63) is 35.9 Å². The monoisotopic (exact) mass is 516 g/mol. The van der Waals surface area contributed by atoms with E-state index >= 15 is 0 Å². The zero-order chi connectivity index (χ0) is 25.1. The van der Waals surface area contributed by atoms with Gasteiger partial charge in [-0.1, -0.05) is 36.8 Å². The first-order valence-electron chi connectivity index (χ1n) is 12.1. The van der Waals surface area contributed by atoms with Crippen molar-refractivity contribution in [2.75, 3.05) is 12.8 Å². The molecule has 0 amide bonds. The number of aliphatic hydroxyl groups excluding tert-OH is 3. The number of nitrogens with two attached hydrogens (primary N) is 1. The maximum Gasteiger partial charge on any atom is 0.136 e. The summed E-state index contributed by atoms with van der Waals surface area (Å²) in [6, 6.07) is 10.2. The number of aliphatic hydroxyl groups is 3. The number of rotatable bonds is 8. The van der Waals surface area contributed by atoms with Crippen LogP contribution in [-0.4, -0.2) is 81.7 Å².